The average molecular weight is 397 g/mol. The summed E-state index contributed by atoms with van der Waals surface area (Å²) in [4.78, 5) is 36.2. The highest BCUT2D eigenvalue weighted by molar-refractivity contribution is 6.06. The number of hydrogen-bond acceptors (Lipinski definition) is 5. The number of ether oxygens (including phenoxy) is 2. The van der Waals surface area contributed by atoms with Crippen molar-refractivity contribution in [1.29, 1.82) is 0 Å². The van der Waals surface area contributed by atoms with Gasteiger partial charge in [0.2, 0.25) is 5.91 Å². The minimum atomic E-state index is -0.445. The first-order chi connectivity index (χ1) is 14.0. The molecule has 1 heterocycles. The Morgan fingerprint density at radius 2 is 1.83 bits per heavy atom. The van der Waals surface area contributed by atoms with E-state index < -0.39 is 6.10 Å². The molecule has 1 fully saturated rings. The number of nitrogens with one attached hydrogen (secondary N) is 3. The van der Waals surface area contributed by atoms with E-state index in [1.807, 2.05) is 0 Å². The van der Waals surface area contributed by atoms with Gasteiger partial charge >= 0.3 is 0 Å². The fourth-order valence-corrected chi connectivity index (χ4v) is 3.02. The molecule has 8 heteroatoms. The lowest BCUT2D eigenvalue weighted by atomic mass is 10.1. The standard InChI is InChI=1S/C21H23N3O5/c1-13(25)22-17-12-16(8-9-18(17)28-2)23-20(26)14-5-3-6-15(11-14)24-21(27)19-7-4-10-29-19/h3,5-6,8-9,11-12,19H,4,7,10H2,1-2H3,(H,22,25)(H,23,26)(H,24,27). The van der Waals surface area contributed by atoms with Gasteiger partial charge in [-0.3, -0.25) is 14.4 Å². The fraction of sp³-hybridized carbons (Fsp3) is 0.286. The largest absolute Gasteiger partial charge is 0.495 e. The van der Waals surface area contributed by atoms with E-state index in [4.69, 9.17) is 9.47 Å². The van der Waals surface area contributed by atoms with E-state index in [0.29, 0.717) is 41.4 Å². The van der Waals surface area contributed by atoms with Crippen LogP contribution in [0.5, 0.6) is 5.75 Å². The predicted molar refractivity (Wildman–Crippen MR) is 109 cm³/mol. The van der Waals surface area contributed by atoms with Crippen LogP contribution < -0.4 is 20.7 Å². The molecule has 0 aromatic heterocycles. The highest BCUT2D eigenvalue weighted by Gasteiger charge is 2.23. The van der Waals surface area contributed by atoms with Crippen LogP contribution in [0.3, 0.4) is 0 Å². The number of anilines is 3. The lowest BCUT2D eigenvalue weighted by Gasteiger charge is -2.13. The van der Waals surface area contributed by atoms with E-state index in [1.54, 1.807) is 42.5 Å². The van der Waals surface area contributed by atoms with Crippen molar-refractivity contribution in [3.8, 4) is 5.75 Å². The third kappa shape index (κ3) is 5.32. The van der Waals surface area contributed by atoms with Crippen LogP contribution in [0.15, 0.2) is 42.5 Å². The highest BCUT2D eigenvalue weighted by Crippen LogP contribution is 2.28. The molecule has 1 aliphatic heterocycles. The van der Waals surface area contributed by atoms with Crippen LogP contribution in [0.2, 0.25) is 0 Å². The third-order valence-corrected chi connectivity index (χ3v) is 4.38. The van der Waals surface area contributed by atoms with Gasteiger partial charge in [0.25, 0.3) is 11.8 Å². The number of hydrogen-bond donors (Lipinski definition) is 3. The maximum atomic E-state index is 12.6. The Kier molecular flexibility index (Phi) is 6.46. The minimum absolute atomic E-state index is 0.213. The SMILES string of the molecule is COc1ccc(NC(=O)c2cccc(NC(=O)C3CCCO3)c2)cc1NC(C)=O. The molecule has 0 saturated carbocycles. The smallest absolute Gasteiger partial charge is 0.255 e. The molecule has 1 atom stereocenters. The summed E-state index contributed by atoms with van der Waals surface area (Å²) in [7, 11) is 1.50. The molecular weight excluding hydrogens is 374 g/mol. The lowest BCUT2D eigenvalue weighted by molar-refractivity contribution is -0.124. The van der Waals surface area contributed by atoms with Crippen LogP contribution in [0.4, 0.5) is 17.1 Å². The second-order valence-electron chi connectivity index (χ2n) is 6.62. The zero-order chi connectivity index (χ0) is 20.8. The molecule has 2 aromatic carbocycles. The van der Waals surface area contributed by atoms with E-state index in [9.17, 15) is 14.4 Å². The molecule has 3 N–H and O–H groups in total. The Labute approximate surface area is 168 Å². The molecule has 1 aliphatic rings. The Morgan fingerprint density at radius 3 is 2.52 bits per heavy atom. The van der Waals surface area contributed by atoms with Gasteiger partial charge in [0.1, 0.15) is 11.9 Å². The van der Waals surface area contributed by atoms with Crippen LogP contribution in [-0.2, 0) is 14.3 Å². The molecule has 8 nitrogen and oxygen atoms in total. The van der Waals surface area contributed by atoms with Crippen LogP contribution in [-0.4, -0.2) is 37.5 Å². The summed E-state index contributed by atoms with van der Waals surface area (Å²) in [5, 5.41) is 8.22. The molecule has 0 aliphatic carbocycles. The van der Waals surface area contributed by atoms with Crippen LogP contribution in [0.1, 0.15) is 30.1 Å². The van der Waals surface area contributed by atoms with Gasteiger partial charge in [-0.1, -0.05) is 6.07 Å². The van der Waals surface area contributed by atoms with Crippen molar-refractivity contribution in [2.75, 3.05) is 29.7 Å². The summed E-state index contributed by atoms with van der Waals surface area (Å²) in [6.45, 7) is 1.98. The van der Waals surface area contributed by atoms with Crippen molar-refractivity contribution in [2.24, 2.45) is 0 Å². The van der Waals surface area contributed by atoms with E-state index in [1.165, 1.54) is 14.0 Å². The fourth-order valence-electron chi connectivity index (χ4n) is 3.02. The van der Waals surface area contributed by atoms with Crippen molar-refractivity contribution in [1.82, 2.24) is 0 Å². The van der Waals surface area contributed by atoms with Crippen molar-refractivity contribution >= 4 is 34.8 Å². The predicted octanol–water partition coefficient (Wildman–Crippen LogP) is 3.02. The quantitative estimate of drug-likeness (QED) is 0.695. The maximum absolute atomic E-state index is 12.6. The van der Waals surface area contributed by atoms with E-state index in [-0.39, 0.29) is 17.7 Å². The normalized spacial score (nSPS) is 15.4. The first kappa shape index (κ1) is 20.3. The first-order valence-electron chi connectivity index (χ1n) is 9.26. The lowest BCUT2D eigenvalue weighted by Crippen LogP contribution is -2.27. The molecule has 0 radical (unpaired) electrons. The van der Waals surface area contributed by atoms with Gasteiger partial charge in [0.05, 0.1) is 12.8 Å². The van der Waals surface area contributed by atoms with E-state index >= 15 is 0 Å². The third-order valence-electron chi connectivity index (χ3n) is 4.38. The summed E-state index contributed by atoms with van der Waals surface area (Å²) in [5.41, 5.74) is 1.85. The summed E-state index contributed by atoms with van der Waals surface area (Å²) >= 11 is 0. The molecule has 0 bridgehead atoms. The number of methoxy groups -OCH3 is 1. The number of benzene rings is 2. The molecular formula is C21H23N3O5. The Morgan fingerprint density at radius 1 is 1.03 bits per heavy atom. The van der Waals surface area contributed by atoms with Crippen molar-refractivity contribution in [3.63, 3.8) is 0 Å². The summed E-state index contributed by atoms with van der Waals surface area (Å²) in [5.74, 6) is -0.328. The number of carbonyl (C=O) groups is 3. The molecule has 1 saturated heterocycles. The van der Waals surface area contributed by atoms with E-state index in [0.717, 1.165) is 6.42 Å². The second kappa shape index (κ2) is 9.20. The topological polar surface area (TPSA) is 106 Å². The Bertz CT molecular complexity index is 922. The van der Waals surface area contributed by atoms with Crippen LogP contribution in [0, 0.1) is 0 Å². The molecule has 2 aromatic rings. The van der Waals surface area contributed by atoms with Crippen molar-refractivity contribution in [3.05, 3.63) is 48.0 Å². The van der Waals surface area contributed by atoms with Crippen molar-refractivity contribution in [2.45, 2.75) is 25.9 Å². The van der Waals surface area contributed by atoms with Crippen LogP contribution >= 0.6 is 0 Å². The van der Waals surface area contributed by atoms with Gasteiger partial charge < -0.3 is 25.4 Å². The molecule has 152 valence electrons. The summed E-state index contributed by atoms with van der Waals surface area (Å²) < 4.78 is 10.6. The van der Waals surface area contributed by atoms with Gasteiger partial charge in [-0.2, -0.15) is 0 Å². The average Bonchev–Trinajstić information content (AvgIpc) is 3.23. The first-order valence-corrected chi connectivity index (χ1v) is 9.26. The van der Waals surface area contributed by atoms with Gasteiger partial charge in [0, 0.05) is 30.5 Å². The van der Waals surface area contributed by atoms with Crippen molar-refractivity contribution < 1.29 is 23.9 Å². The van der Waals surface area contributed by atoms with Gasteiger partial charge in [0.15, 0.2) is 0 Å². The number of amides is 3. The molecule has 3 rings (SSSR count). The second-order valence-corrected chi connectivity index (χ2v) is 6.62. The minimum Gasteiger partial charge on any atom is -0.495 e. The summed E-state index contributed by atoms with van der Waals surface area (Å²) in [6.07, 6.45) is 1.11. The zero-order valence-corrected chi connectivity index (χ0v) is 16.3. The maximum Gasteiger partial charge on any atom is 0.255 e. The zero-order valence-electron chi connectivity index (χ0n) is 16.3. The number of rotatable bonds is 6. The number of carbonyl (C=O) groups excluding carboxylic acids is 3. The Hall–Kier alpha value is -3.39. The van der Waals surface area contributed by atoms with Gasteiger partial charge in [-0.25, -0.2) is 0 Å². The van der Waals surface area contributed by atoms with Crippen LogP contribution in [0.25, 0.3) is 0 Å². The van der Waals surface area contributed by atoms with Gasteiger partial charge in [-0.05, 0) is 49.2 Å². The molecule has 29 heavy (non-hydrogen) atoms. The molecule has 0 spiro atoms. The highest BCUT2D eigenvalue weighted by atomic mass is 16.5. The molecule has 3 amide bonds. The molecule has 1 unspecified atom stereocenters. The Balaban J connectivity index is 1.70. The summed E-state index contributed by atoms with van der Waals surface area (Å²) in [6, 6.07) is 11.6. The van der Waals surface area contributed by atoms with E-state index in [2.05, 4.69) is 16.0 Å². The monoisotopic (exact) mass is 397 g/mol. The van der Waals surface area contributed by atoms with Gasteiger partial charge in [-0.15, -0.1) is 0 Å².